The molecule has 0 radical (unpaired) electrons. The Labute approximate surface area is 135 Å². The molecular weight excluding hydrogens is 299 g/mol. The van der Waals surface area contributed by atoms with Gasteiger partial charge in [0.1, 0.15) is 11.6 Å². The summed E-state index contributed by atoms with van der Waals surface area (Å²) in [7, 11) is 1.63. The van der Waals surface area contributed by atoms with E-state index in [1.54, 1.807) is 7.11 Å². The molecule has 0 aliphatic carbocycles. The summed E-state index contributed by atoms with van der Waals surface area (Å²) in [6.45, 7) is 0.757. The van der Waals surface area contributed by atoms with Gasteiger partial charge in [0.2, 0.25) is 0 Å². The fourth-order valence-corrected chi connectivity index (χ4v) is 2.24. The Bertz CT molecular complexity index is 616. The van der Waals surface area contributed by atoms with Crippen molar-refractivity contribution in [1.29, 1.82) is 0 Å². The van der Waals surface area contributed by atoms with Crippen molar-refractivity contribution in [3.63, 3.8) is 0 Å². The van der Waals surface area contributed by atoms with Crippen molar-refractivity contribution >= 4 is 23.0 Å². The molecule has 0 atom stereocenters. The van der Waals surface area contributed by atoms with Gasteiger partial charge in [0.05, 0.1) is 7.11 Å². The number of nitrogens with one attached hydrogen (secondary N) is 2. The lowest BCUT2D eigenvalue weighted by molar-refractivity contribution is 0.415. The molecule has 0 unspecified atom stereocenters. The summed E-state index contributed by atoms with van der Waals surface area (Å²) in [4.78, 5) is 0. The standard InChI is InChI=1S/C17H19FN2OS/c1-21-16-6-2-5-15(12-16)20-17(22)19-11-3-4-13-7-9-14(18)10-8-13/h2,5-10,12H,3-4,11H2,1H3,(H2,19,20,22). The van der Waals surface area contributed by atoms with E-state index >= 15 is 0 Å². The van der Waals surface area contributed by atoms with E-state index in [9.17, 15) is 4.39 Å². The zero-order chi connectivity index (χ0) is 15.8. The summed E-state index contributed by atoms with van der Waals surface area (Å²) in [5.74, 6) is 0.578. The summed E-state index contributed by atoms with van der Waals surface area (Å²) < 4.78 is 18.0. The van der Waals surface area contributed by atoms with Crippen LogP contribution < -0.4 is 15.4 Å². The number of methoxy groups -OCH3 is 1. The maximum absolute atomic E-state index is 12.8. The minimum absolute atomic E-state index is 0.203. The van der Waals surface area contributed by atoms with Gasteiger partial charge in [-0.3, -0.25) is 0 Å². The highest BCUT2D eigenvalue weighted by atomic mass is 32.1. The van der Waals surface area contributed by atoms with Crippen LogP contribution in [0.1, 0.15) is 12.0 Å². The van der Waals surface area contributed by atoms with E-state index in [-0.39, 0.29) is 5.82 Å². The van der Waals surface area contributed by atoms with Crippen LogP contribution in [0.5, 0.6) is 5.75 Å². The van der Waals surface area contributed by atoms with Crippen molar-refractivity contribution in [2.75, 3.05) is 19.0 Å². The van der Waals surface area contributed by atoms with Crippen LogP contribution in [-0.4, -0.2) is 18.8 Å². The van der Waals surface area contributed by atoms with Gasteiger partial charge in [0, 0.05) is 18.3 Å². The lowest BCUT2D eigenvalue weighted by atomic mass is 10.1. The highest BCUT2D eigenvalue weighted by molar-refractivity contribution is 7.80. The predicted molar refractivity (Wildman–Crippen MR) is 91.9 cm³/mol. The zero-order valence-electron chi connectivity index (χ0n) is 12.4. The Morgan fingerprint density at radius 1 is 1.18 bits per heavy atom. The molecule has 2 aromatic rings. The maximum Gasteiger partial charge on any atom is 0.170 e. The highest BCUT2D eigenvalue weighted by Crippen LogP contribution is 2.16. The van der Waals surface area contributed by atoms with Gasteiger partial charge in [-0.05, 0) is 54.9 Å². The molecule has 0 spiro atoms. The third-order valence-corrected chi connectivity index (χ3v) is 3.42. The van der Waals surface area contributed by atoms with Crippen LogP contribution in [0.3, 0.4) is 0 Å². The third-order valence-electron chi connectivity index (χ3n) is 3.17. The topological polar surface area (TPSA) is 33.3 Å². The molecule has 0 aliphatic heterocycles. The molecule has 2 aromatic carbocycles. The van der Waals surface area contributed by atoms with Crippen LogP contribution in [-0.2, 0) is 6.42 Å². The first-order valence-electron chi connectivity index (χ1n) is 7.11. The number of hydrogen-bond acceptors (Lipinski definition) is 2. The van der Waals surface area contributed by atoms with Crippen LogP contribution in [0.25, 0.3) is 0 Å². The molecular formula is C17H19FN2OS. The summed E-state index contributed by atoms with van der Waals surface area (Å²) in [6, 6.07) is 14.2. The molecule has 0 bridgehead atoms. The molecule has 5 heteroatoms. The van der Waals surface area contributed by atoms with Crippen molar-refractivity contribution in [2.45, 2.75) is 12.8 Å². The van der Waals surface area contributed by atoms with Crippen molar-refractivity contribution in [2.24, 2.45) is 0 Å². The second-order valence-electron chi connectivity index (χ2n) is 4.84. The molecule has 3 nitrogen and oxygen atoms in total. The summed E-state index contributed by atoms with van der Waals surface area (Å²) in [5, 5.41) is 6.85. The average molecular weight is 318 g/mol. The largest absolute Gasteiger partial charge is 0.497 e. The summed E-state index contributed by atoms with van der Waals surface area (Å²) in [6.07, 6.45) is 1.81. The Morgan fingerprint density at radius 2 is 1.95 bits per heavy atom. The Kier molecular flexibility index (Phi) is 6.15. The molecule has 0 amide bonds. The fraction of sp³-hybridized carbons (Fsp3) is 0.235. The molecule has 2 rings (SSSR count). The normalized spacial score (nSPS) is 10.1. The van der Waals surface area contributed by atoms with E-state index in [0.29, 0.717) is 5.11 Å². The summed E-state index contributed by atoms with van der Waals surface area (Å²) >= 11 is 5.25. The van der Waals surface area contributed by atoms with Gasteiger partial charge < -0.3 is 15.4 Å². The molecule has 0 saturated heterocycles. The van der Waals surface area contributed by atoms with Crippen molar-refractivity contribution in [1.82, 2.24) is 5.32 Å². The molecule has 0 fully saturated rings. The number of rotatable bonds is 6. The van der Waals surface area contributed by atoms with E-state index in [0.717, 1.165) is 36.4 Å². The third kappa shape index (κ3) is 5.33. The Hall–Kier alpha value is -2.14. The first-order valence-corrected chi connectivity index (χ1v) is 7.51. The predicted octanol–water partition coefficient (Wildman–Crippen LogP) is 3.75. The molecule has 0 heterocycles. The van der Waals surface area contributed by atoms with Gasteiger partial charge in [-0.2, -0.15) is 0 Å². The van der Waals surface area contributed by atoms with E-state index in [1.807, 2.05) is 36.4 Å². The Morgan fingerprint density at radius 3 is 2.68 bits per heavy atom. The van der Waals surface area contributed by atoms with Crippen LogP contribution in [0, 0.1) is 5.82 Å². The van der Waals surface area contributed by atoms with Crippen molar-refractivity contribution in [3.8, 4) is 5.75 Å². The minimum atomic E-state index is -0.203. The van der Waals surface area contributed by atoms with E-state index < -0.39 is 0 Å². The minimum Gasteiger partial charge on any atom is -0.497 e. The lowest BCUT2D eigenvalue weighted by Gasteiger charge is -2.11. The number of ether oxygens (including phenoxy) is 1. The SMILES string of the molecule is COc1cccc(NC(=S)NCCCc2ccc(F)cc2)c1. The smallest absolute Gasteiger partial charge is 0.170 e. The van der Waals surface area contributed by atoms with Gasteiger partial charge in [-0.1, -0.05) is 18.2 Å². The second-order valence-corrected chi connectivity index (χ2v) is 5.25. The second kappa shape index (κ2) is 8.34. The monoisotopic (exact) mass is 318 g/mol. The van der Waals surface area contributed by atoms with Gasteiger partial charge in [0.15, 0.2) is 5.11 Å². The van der Waals surface area contributed by atoms with E-state index in [2.05, 4.69) is 10.6 Å². The van der Waals surface area contributed by atoms with E-state index in [1.165, 1.54) is 12.1 Å². The van der Waals surface area contributed by atoms with E-state index in [4.69, 9.17) is 17.0 Å². The lowest BCUT2D eigenvalue weighted by Crippen LogP contribution is -2.29. The number of benzene rings is 2. The van der Waals surface area contributed by atoms with Crippen molar-refractivity contribution < 1.29 is 9.13 Å². The van der Waals surface area contributed by atoms with Crippen LogP contribution in [0.4, 0.5) is 10.1 Å². The van der Waals surface area contributed by atoms with Crippen LogP contribution in [0.2, 0.25) is 0 Å². The van der Waals surface area contributed by atoms with Gasteiger partial charge in [-0.15, -0.1) is 0 Å². The average Bonchev–Trinajstić information content (AvgIpc) is 2.53. The van der Waals surface area contributed by atoms with Gasteiger partial charge in [-0.25, -0.2) is 4.39 Å². The number of aryl methyl sites for hydroxylation is 1. The van der Waals surface area contributed by atoms with Crippen LogP contribution in [0.15, 0.2) is 48.5 Å². The van der Waals surface area contributed by atoms with Crippen LogP contribution >= 0.6 is 12.2 Å². The molecule has 2 N–H and O–H groups in total. The van der Waals surface area contributed by atoms with Crippen molar-refractivity contribution in [3.05, 3.63) is 59.9 Å². The molecule has 0 aliphatic rings. The van der Waals surface area contributed by atoms with Gasteiger partial charge >= 0.3 is 0 Å². The molecule has 0 aromatic heterocycles. The number of hydrogen-bond donors (Lipinski definition) is 2. The number of thiocarbonyl (C=S) groups is 1. The number of halogens is 1. The molecule has 22 heavy (non-hydrogen) atoms. The summed E-state index contributed by atoms with van der Waals surface area (Å²) in [5.41, 5.74) is 2.00. The molecule has 0 saturated carbocycles. The van der Waals surface area contributed by atoms with Gasteiger partial charge in [0.25, 0.3) is 0 Å². The number of anilines is 1. The Balaban J connectivity index is 1.70. The fourth-order valence-electron chi connectivity index (χ4n) is 2.02. The first kappa shape index (κ1) is 16.2. The zero-order valence-corrected chi connectivity index (χ0v) is 13.3. The first-order chi connectivity index (χ1) is 10.7. The molecule has 116 valence electrons. The maximum atomic E-state index is 12.8. The highest BCUT2D eigenvalue weighted by Gasteiger charge is 1.99. The quantitative estimate of drug-likeness (QED) is 0.628.